The van der Waals surface area contributed by atoms with E-state index >= 15 is 0 Å². The van der Waals surface area contributed by atoms with E-state index in [9.17, 15) is 0 Å². The van der Waals surface area contributed by atoms with Crippen molar-refractivity contribution in [3.05, 3.63) is 0 Å². The van der Waals surface area contributed by atoms with E-state index in [-0.39, 0.29) is 0 Å². The normalized spacial score (nSPS) is 27.6. The smallest absolute Gasteiger partial charge is 0.0586 e. The van der Waals surface area contributed by atoms with Gasteiger partial charge in [-0.3, -0.25) is 4.90 Å². The van der Waals surface area contributed by atoms with Crippen LogP contribution in [0.3, 0.4) is 0 Å². The lowest BCUT2D eigenvalue weighted by Crippen LogP contribution is -2.33. The summed E-state index contributed by atoms with van der Waals surface area (Å²) in [4.78, 5) is 2.31. The van der Waals surface area contributed by atoms with Crippen LogP contribution in [-0.4, -0.2) is 41.5 Å². The van der Waals surface area contributed by atoms with E-state index in [0.717, 1.165) is 25.3 Å². The SMILES string of the molecule is OCC1CCCN1CCS. The van der Waals surface area contributed by atoms with Crippen molar-refractivity contribution in [2.24, 2.45) is 0 Å². The molecule has 0 saturated carbocycles. The summed E-state index contributed by atoms with van der Waals surface area (Å²) < 4.78 is 0. The zero-order valence-electron chi connectivity index (χ0n) is 6.16. The van der Waals surface area contributed by atoms with Crippen molar-refractivity contribution in [1.82, 2.24) is 4.90 Å². The summed E-state index contributed by atoms with van der Waals surface area (Å²) in [5, 5.41) is 8.90. The predicted molar refractivity (Wildman–Crippen MR) is 45.5 cm³/mol. The lowest BCUT2D eigenvalue weighted by molar-refractivity contribution is 0.165. The van der Waals surface area contributed by atoms with Crippen molar-refractivity contribution in [3.63, 3.8) is 0 Å². The van der Waals surface area contributed by atoms with Gasteiger partial charge in [0.25, 0.3) is 0 Å². The first-order chi connectivity index (χ1) is 4.88. The van der Waals surface area contributed by atoms with E-state index in [2.05, 4.69) is 17.5 Å². The van der Waals surface area contributed by atoms with Gasteiger partial charge in [0.15, 0.2) is 0 Å². The molecule has 1 atom stereocenters. The highest BCUT2D eigenvalue weighted by Gasteiger charge is 2.22. The number of thiol groups is 1. The number of aliphatic hydroxyl groups is 1. The molecule has 0 aromatic carbocycles. The van der Waals surface area contributed by atoms with Crippen molar-refractivity contribution in [2.75, 3.05) is 25.4 Å². The lowest BCUT2D eigenvalue weighted by Gasteiger charge is -2.20. The Morgan fingerprint density at radius 1 is 1.60 bits per heavy atom. The van der Waals surface area contributed by atoms with Crippen LogP contribution in [0.1, 0.15) is 12.8 Å². The second-order valence-corrected chi connectivity index (χ2v) is 3.19. The van der Waals surface area contributed by atoms with Gasteiger partial charge in [0.05, 0.1) is 6.61 Å². The third-order valence-corrected chi connectivity index (χ3v) is 2.30. The van der Waals surface area contributed by atoms with Crippen LogP contribution in [0.4, 0.5) is 0 Å². The van der Waals surface area contributed by atoms with Crippen LogP contribution in [-0.2, 0) is 0 Å². The summed E-state index contributed by atoms with van der Waals surface area (Å²) in [7, 11) is 0. The molecule has 1 rings (SSSR count). The van der Waals surface area contributed by atoms with Gasteiger partial charge in [-0.25, -0.2) is 0 Å². The van der Waals surface area contributed by atoms with Gasteiger partial charge in [-0.2, -0.15) is 12.6 Å². The number of hydrogen-bond acceptors (Lipinski definition) is 3. The van der Waals surface area contributed by atoms with Crippen LogP contribution >= 0.6 is 12.6 Å². The minimum atomic E-state index is 0.313. The van der Waals surface area contributed by atoms with Crippen molar-refractivity contribution in [1.29, 1.82) is 0 Å². The van der Waals surface area contributed by atoms with Crippen LogP contribution in [0.25, 0.3) is 0 Å². The fraction of sp³-hybridized carbons (Fsp3) is 1.00. The second-order valence-electron chi connectivity index (χ2n) is 2.74. The van der Waals surface area contributed by atoms with Crippen molar-refractivity contribution in [2.45, 2.75) is 18.9 Å². The molecule has 1 N–H and O–H groups in total. The van der Waals surface area contributed by atoms with E-state index in [0.29, 0.717) is 12.6 Å². The molecule has 0 aliphatic carbocycles. The van der Waals surface area contributed by atoms with E-state index < -0.39 is 0 Å². The Hall–Kier alpha value is 0.270. The zero-order valence-corrected chi connectivity index (χ0v) is 7.06. The molecular formula is C7H15NOS. The monoisotopic (exact) mass is 161 g/mol. The van der Waals surface area contributed by atoms with Crippen LogP contribution in [0.5, 0.6) is 0 Å². The number of nitrogens with zero attached hydrogens (tertiary/aromatic N) is 1. The van der Waals surface area contributed by atoms with Crippen molar-refractivity contribution < 1.29 is 5.11 Å². The minimum Gasteiger partial charge on any atom is -0.395 e. The van der Waals surface area contributed by atoms with E-state index in [4.69, 9.17) is 5.11 Å². The van der Waals surface area contributed by atoms with Gasteiger partial charge in [0.2, 0.25) is 0 Å². The molecular weight excluding hydrogens is 146 g/mol. The molecule has 0 amide bonds. The van der Waals surface area contributed by atoms with Gasteiger partial charge in [0.1, 0.15) is 0 Å². The number of hydrogen-bond donors (Lipinski definition) is 2. The molecule has 10 heavy (non-hydrogen) atoms. The topological polar surface area (TPSA) is 23.5 Å². The zero-order chi connectivity index (χ0) is 7.40. The van der Waals surface area contributed by atoms with Gasteiger partial charge in [-0.05, 0) is 19.4 Å². The van der Waals surface area contributed by atoms with E-state index in [1.54, 1.807) is 0 Å². The highest BCUT2D eigenvalue weighted by molar-refractivity contribution is 7.80. The molecule has 1 unspecified atom stereocenters. The number of aliphatic hydroxyl groups excluding tert-OH is 1. The molecule has 0 radical (unpaired) electrons. The Morgan fingerprint density at radius 3 is 3.00 bits per heavy atom. The van der Waals surface area contributed by atoms with Crippen LogP contribution in [0.2, 0.25) is 0 Å². The van der Waals surface area contributed by atoms with Crippen molar-refractivity contribution in [3.8, 4) is 0 Å². The Bertz CT molecular complexity index is 99.6. The average molecular weight is 161 g/mol. The van der Waals surface area contributed by atoms with E-state index in [1.807, 2.05) is 0 Å². The maximum atomic E-state index is 8.90. The quantitative estimate of drug-likeness (QED) is 0.584. The highest BCUT2D eigenvalue weighted by atomic mass is 32.1. The third kappa shape index (κ3) is 1.87. The first-order valence-corrected chi connectivity index (χ1v) is 4.47. The summed E-state index contributed by atoms with van der Waals surface area (Å²) in [6.45, 7) is 2.48. The summed E-state index contributed by atoms with van der Waals surface area (Å²) in [6.07, 6.45) is 2.39. The summed E-state index contributed by atoms with van der Waals surface area (Å²) in [5.74, 6) is 0.899. The molecule has 0 bridgehead atoms. The maximum absolute atomic E-state index is 8.90. The Balaban J connectivity index is 2.27. The fourth-order valence-electron chi connectivity index (χ4n) is 1.52. The summed E-state index contributed by atoms with van der Waals surface area (Å²) in [5.41, 5.74) is 0. The van der Waals surface area contributed by atoms with Gasteiger partial charge in [-0.1, -0.05) is 0 Å². The highest BCUT2D eigenvalue weighted by Crippen LogP contribution is 2.15. The molecule has 1 fully saturated rings. The van der Waals surface area contributed by atoms with Crippen molar-refractivity contribution >= 4 is 12.6 Å². The third-order valence-electron chi connectivity index (χ3n) is 2.10. The second kappa shape index (κ2) is 4.21. The average Bonchev–Trinajstić information content (AvgIpc) is 2.36. The Kier molecular flexibility index (Phi) is 3.52. The lowest BCUT2D eigenvalue weighted by atomic mass is 10.2. The van der Waals surface area contributed by atoms with Gasteiger partial charge >= 0.3 is 0 Å². The standard InChI is InChI=1S/C7H15NOS/c9-6-7-2-1-3-8(7)4-5-10/h7,9-10H,1-6H2. The molecule has 1 saturated heterocycles. The van der Waals surface area contributed by atoms with Crippen LogP contribution in [0, 0.1) is 0 Å². The first kappa shape index (κ1) is 8.37. The van der Waals surface area contributed by atoms with E-state index in [1.165, 1.54) is 6.42 Å². The van der Waals surface area contributed by atoms with Gasteiger partial charge < -0.3 is 5.11 Å². The summed E-state index contributed by atoms with van der Waals surface area (Å²) >= 11 is 4.15. The largest absolute Gasteiger partial charge is 0.395 e. The molecule has 1 aliphatic rings. The fourth-order valence-corrected chi connectivity index (χ4v) is 1.78. The van der Waals surface area contributed by atoms with Gasteiger partial charge in [0, 0.05) is 18.3 Å². The van der Waals surface area contributed by atoms with Gasteiger partial charge in [-0.15, -0.1) is 0 Å². The Labute approximate surface area is 67.6 Å². The molecule has 60 valence electrons. The maximum Gasteiger partial charge on any atom is 0.0586 e. The molecule has 0 aromatic rings. The first-order valence-electron chi connectivity index (χ1n) is 3.84. The minimum absolute atomic E-state index is 0.313. The number of rotatable bonds is 3. The molecule has 1 heterocycles. The molecule has 0 aromatic heterocycles. The van der Waals surface area contributed by atoms with Crippen LogP contribution in [0.15, 0.2) is 0 Å². The molecule has 3 heteroatoms. The Morgan fingerprint density at radius 2 is 2.40 bits per heavy atom. The van der Waals surface area contributed by atoms with Crippen LogP contribution < -0.4 is 0 Å². The molecule has 2 nitrogen and oxygen atoms in total. The number of likely N-dealkylation sites (tertiary alicyclic amines) is 1. The predicted octanol–water partition coefficient (Wildman–Crippen LogP) is 0.373. The molecule has 0 spiro atoms. The molecule has 1 aliphatic heterocycles. The summed E-state index contributed by atoms with van der Waals surface area (Å²) in [6, 6.07) is 0.423.